The van der Waals surface area contributed by atoms with Gasteiger partial charge in [0, 0.05) is 19.1 Å². The van der Waals surface area contributed by atoms with E-state index in [0.29, 0.717) is 13.2 Å². The molecule has 124 valence electrons. The van der Waals surface area contributed by atoms with E-state index in [1.165, 1.54) is 18.2 Å². The van der Waals surface area contributed by atoms with Crippen LogP contribution < -0.4 is 10.1 Å². The Morgan fingerprint density at radius 3 is 2.77 bits per heavy atom. The number of hydrogen-bond donors (Lipinski definition) is 1. The summed E-state index contributed by atoms with van der Waals surface area (Å²) in [6.07, 6.45) is -4.15. The van der Waals surface area contributed by atoms with Gasteiger partial charge in [-0.25, -0.2) is 0 Å². The molecule has 1 fully saturated rings. The van der Waals surface area contributed by atoms with Crippen molar-refractivity contribution in [3.8, 4) is 5.75 Å². The van der Waals surface area contributed by atoms with E-state index in [1.54, 1.807) is 0 Å². The Bertz CT molecular complexity index is 490. The predicted molar refractivity (Wildman–Crippen MR) is 78.3 cm³/mol. The first-order valence-corrected chi connectivity index (χ1v) is 7.62. The van der Waals surface area contributed by atoms with Gasteiger partial charge in [-0.15, -0.1) is 0 Å². The molecule has 1 unspecified atom stereocenters. The van der Waals surface area contributed by atoms with Crippen molar-refractivity contribution in [1.82, 2.24) is 5.32 Å². The molecular formula is C15H19ClF3NO2. The van der Waals surface area contributed by atoms with Crippen LogP contribution in [0.25, 0.3) is 0 Å². The molecule has 1 saturated heterocycles. The van der Waals surface area contributed by atoms with Gasteiger partial charge >= 0.3 is 6.18 Å². The van der Waals surface area contributed by atoms with Gasteiger partial charge < -0.3 is 14.8 Å². The van der Waals surface area contributed by atoms with E-state index in [9.17, 15) is 13.2 Å². The van der Waals surface area contributed by atoms with Crippen molar-refractivity contribution in [3.63, 3.8) is 0 Å². The minimum Gasteiger partial charge on any atom is -0.487 e. The maximum Gasteiger partial charge on any atom is 0.421 e. The number of alkyl halides is 3. The maximum absolute atomic E-state index is 13.2. The van der Waals surface area contributed by atoms with Crippen molar-refractivity contribution < 1.29 is 22.6 Å². The number of nitrogens with one attached hydrogen (secondary N) is 1. The van der Waals surface area contributed by atoms with Gasteiger partial charge in [-0.05, 0) is 32.0 Å². The Morgan fingerprint density at radius 2 is 2.18 bits per heavy atom. The molecule has 0 spiro atoms. The molecule has 1 aromatic carbocycles. The molecular weight excluding hydrogens is 319 g/mol. The summed E-state index contributed by atoms with van der Waals surface area (Å²) in [6, 6.07) is 3.97. The molecule has 7 heteroatoms. The Hall–Kier alpha value is -0.980. The van der Waals surface area contributed by atoms with E-state index >= 15 is 0 Å². The number of halogens is 4. The zero-order chi connectivity index (χ0) is 16.2. The Balaban J connectivity index is 2.23. The fourth-order valence-electron chi connectivity index (χ4n) is 2.54. The van der Waals surface area contributed by atoms with Crippen LogP contribution in [0.2, 0.25) is 5.02 Å². The summed E-state index contributed by atoms with van der Waals surface area (Å²) < 4.78 is 50.6. The van der Waals surface area contributed by atoms with Gasteiger partial charge in [0.05, 0.1) is 11.6 Å². The summed E-state index contributed by atoms with van der Waals surface area (Å²) >= 11 is 5.72. The van der Waals surface area contributed by atoms with E-state index in [1.807, 2.05) is 6.92 Å². The van der Waals surface area contributed by atoms with Crippen LogP contribution in [0.3, 0.4) is 0 Å². The third-order valence-electron chi connectivity index (χ3n) is 3.65. The lowest BCUT2D eigenvalue weighted by Crippen LogP contribution is -2.34. The van der Waals surface area contributed by atoms with Crippen LogP contribution >= 0.6 is 11.6 Å². The van der Waals surface area contributed by atoms with E-state index < -0.39 is 17.8 Å². The van der Waals surface area contributed by atoms with E-state index in [0.717, 1.165) is 13.0 Å². The van der Waals surface area contributed by atoms with E-state index in [2.05, 4.69) is 5.32 Å². The van der Waals surface area contributed by atoms with E-state index in [-0.39, 0.29) is 23.3 Å². The normalized spacial score (nSPS) is 20.1. The lowest BCUT2D eigenvalue weighted by atomic mass is 10.0. The summed E-state index contributed by atoms with van der Waals surface area (Å²) in [7, 11) is 0. The summed E-state index contributed by atoms with van der Waals surface area (Å²) in [4.78, 5) is 0. The largest absolute Gasteiger partial charge is 0.487 e. The molecule has 0 aromatic heterocycles. The Morgan fingerprint density at radius 1 is 1.41 bits per heavy atom. The zero-order valence-corrected chi connectivity index (χ0v) is 13.0. The van der Waals surface area contributed by atoms with Crippen LogP contribution in [0.4, 0.5) is 13.2 Å². The first-order valence-electron chi connectivity index (χ1n) is 7.24. The van der Waals surface area contributed by atoms with Gasteiger partial charge in [0.2, 0.25) is 0 Å². The second-order valence-corrected chi connectivity index (χ2v) is 5.59. The third-order valence-corrected chi connectivity index (χ3v) is 3.96. The SMILES string of the molecule is CCOC[C@H](Oc1cccc(Cl)c1C(F)(F)F)C1CCNC1. The summed E-state index contributed by atoms with van der Waals surface area (Å²) in [5.41, 5.74) is -0.927. The quantitative estimate of drug-likeness (QED) is 0.857. The minimum atomic E-state index is -4.56. The van der Waals surface area contributed by atoms with Crippen molar-refractivity contribution in [2.24, 2.45) is 5.92 Å². The second-order valence-electron chi connectivity index (χ2n) is 5.18. The molecule has 2 rings (SSSR count). The molecule has 1 aliphatic heterocycles. The van der Waals surface area contributed by atoms with Crippen molar-refractivity contribution in [2.75, 3.05) is 26.3 Å². The summed E-state index contributed by atoms with van der Waals surface area (Å²) in [5.74, 6) is -0.122. The number of hydrogen-bond acceptors (Lipinski definition) is 3. The van der Waals surface area contributed by atoms with Gasteiger partial charge in [0.1, 0.15) is 17.4 Å². The molecule has 3 nitrogen and oxygen atoms in total. The highest BCUT2D eigenvalue weighted by Crippen LogP contribution is 2.41. The minimum absolute atomic E-state index is 0.117. The highest BCUT2D eigenvalue weighted by Gasteiger charge is 2.38. The first-order chi connectivity index (χ1) is 10.4. The van der Waals surface area contributed by atoms with Gasteiger partial charge in [0.25, 0.3) is 0 Å². The van der Waals surface area contributed by atoms with Crippen LogP contribution in [-0.4, -0.2) is 32.4 Å². The number of rotatable bonds is 6. The lowest BCUT2D eigenvalue weighted by Gasteiger charge is -2.26. The van der Waals surface area contributed by atoms with Gasteiger partial charge in [0.15, 0.2) is 0 Å². The van der Waals surface area contributed by atoms with Crippen molar-refractivity contribution in [1.29, 1.82) is 0 Å². The Labute approximate surface area is 132 Å². The topological polar surface area (TPSA) is 30.5 Å². The highest BCUT2D eigenvalue weighted by atomic mass is 35.5. The second kappa shape index (κ2) is 7.53. The highest BCUT2D eigenvalue weighted by molar-refractivity contribution is 6.31. The monoisotopic (exact) mass is 337 g/mol. The van der Waals surface area contributed by atoms with E-state index in [4.69, 9.17) is 21.1 Å². The molecule has 0 amide bonds. The van der Waals surface area contributed by atoms with Gasteiger partial charge in [-0.2, -0.15) is 13.2 Å². The smallest absolute Gasteiger partial charge is 0.421 e. The molecule has 1 aromatic rings. The third kappa shape index (κ3) is 4.27. The lowest BCUT2D eigenvalue weighted by molar-refractivity contribution is -0.139. The first kappa shape index (κ1) is 17.4. The van der Waals surface area contributed by atoms with Crippen LogP contribution in [-0.2, 0) is 10.9 Å². The average molecular weight is 338 g/mol. The van der Waals surface area contributed by atoms with Gasteiger partial charge in [-0.1, -0.05) is 17.7 Å². The predicted octanol–water partition coefficient (Wildman–Crippen LogP) is 3.75. The van der Waals surface area contributed by atoms with Crippen molar-refractivity contribution in [2.45, 2.75) is 25.6 Å². The summed E-state index contributed by atoms with van der Waals surface area (Å²) in [5, 5.41) is 2.83. The summed E-state index contributed by atoms with van der Waals surface area (Å²) in [6.45, 7) is 4.12. The fraction of sp³-hybridized carbons (Fsp3) is 0.600. The zero-order valence-electron chi connectivity index (χ0n) is 12.3. The Kier molecular flexibility index (Phi) is 5.94. The number of ether oxygens (including phenoxy) is 2. The van der Waals surface area contributed by atoms with Gasteiger partial charge in [-0.3, -0.25) is 0 Å². The molecule has 0 saturated carbocycles. The molecule has 1 N–H and O–H groups in total. The molecule has 1 aliphatic rings. The average Bonchev–Trinajstić information content (AvgIpc) is 2.96. The molecule has 2 atom stereocenters. The standard InChI is InChI=1S/C15H19ClF3NO2/c1-2-21-9-13(10-6-7-20-8-10)22-12-5-3-4-11(16)14(12)15(17,18)19/h3-5,10,13,20H,2,6-9H2,1H3/t10?,13-/m0/s1. The van der Waals surface area contributed by atoms with Crippen molar-refractivity contribution in [3.05, 3.63) is 28.8 Å². The van der Waals surface area contributed by atoms with Crippen LogP contribution in [0, 0.1) is 5.92 Å². The number of benzene rings is 1. The van der Waals surface area contributed by atoms with Crippen LogP contribution in [0.5, 0.6) is 5.75 Å². The molecule has 22 heavy (non-hydrogen) atoms. The molecule has 0 aliphatic carbocycles. The van der Waals surface area contributed by atoms with Crippen LogP contribution in [0.15, 0.2) is 18.2 Å². The van der Waals surface area contributed by atoms with Crippen molar-refractivity contribution >= 4 is 11.6 Å². The van der Waals surface area contributed by atoms with Crippen LogP contribution in [0.1, 0.15) is 18.9 Å². The fourth-order valence-corrected chi connectivity index (χ4v) is 2.81. The molecule has 1 heterocycles. The molecule has 0 radical (unpaired) electrons. The molecule has 0 bridgehead atoms. The maximum atomic E-state index is 13.2.